The van der Waals surface area contributed by atoms with Gasteiger partial charge in [-0.05, 0) is 29.1 Å². The molecule has 0 aliphatic carbocycles. The van der Waals surface area contributed by atoms with E-state index in [4.69, 9.17) is 27.9 Å². The van der Waals surface area contributed by atoms with Crippen LogP contribution in [0.4, 0.5) is 0 Å². The van der Waals surface area contributed by atoms with E-state index in [1.807, 2.05) is 24.3 Å². The zero-order valence-corrected chi connectivity index (χ0v) is 9.76. The van der Waals surface area contributed by atoms with Crippen LogP contribution >= 0.6 is 23.2 Å². The maximum absolute atomic E-state index is 10.6. The van der Waals surface area contributed by atoms with Crippen LogP contribution in [0.25, 0.3) is 10.8 Å². The fraction of sp³-hybridized carbons (Fsp3) is 0.0833. The van der Waals surface area contributed by atoms with Crippen LogP contribution in [0.3, 0.4) is 0 Å². The van der Waals surface area contributed by atoms with Crippen molar-refractivity contribution in [3.63, 3.8) is 0 Å². The Morgan fingerprint density at radius 2 is 1.88 bits per heavy atom. The van der Waals surface area contributed by atoms with Gasteiger partial charge in [-0.3, -0.25) is 4.79 Å². The molecule has 0 fully saturated rings. The predicted octanol–water partition coefficient (Wildman–Crippen LogP) is 3.64. The Kier molecular flexibility index (Phi) is 3.32. The SMILES string of the molecule is O=C(Cl)COc1cccc2cccc(Cl)c12. The molecule has 82 valence electrons. The van der Waals surface area contributed by atoms with Crippen LogP contribution in [0.1, 0.15) is 0 Å². The van der Waals surface area contributed by atoms with Crippen LogP contribution in [0.5, 0.6) is 5.75 Å². The van der Waals surface area contributed by atoms with E-state index in [-0.39, 0.29) is 6.61 Å². The summed E-state index contributed by atoms with van der Waals surface area (Å²) in [7, 11) is 0. The van der Waals surface area contributed by atoms with Gasteiger partial charge in [0.05, 0.1) is 5.02 Å². The molecule has 0 unspecified atom stereocenters. The Bertz CT molecular complexity index is 532. The van der Waals surface area contributed by atoms with E-state index in [1.54, 1.807) is 12.1 Å². The van der Waals surface area contributed by atoms with Crippen molar-refractivity contribution in [3.05, 3.63) is 41.4 Å². The molecule has 0 N–H and O–H groups in total. The molecule has 2 nitrogen and oxygen atoms in total. The molecule has 0 bridgehead atoms. The smallest absolute Gasteiger partial charge is 0.259 e. The van der Waals surface area contributed by atoms with Crippen LogP contribution in [0.2, 0.25) is 5.02 Å². The van der Waals surface area contributed by atoms with Crippen molar-refractivity contribution >= 4 is 39.2 Å². The second-order valence-corrected chi connectivity index (χ2v) is 4.07. The van der Waals surface area contributed by atoms with Crippen molar-refractivity contribution in [1.29, 1.82) is 0 Å². The number of ether oxygens (including phenoxy) is 1. The number of hydrogen-bond donors (Lipinski definition) is 0. The molecule has 0 saturated carbocycles. The molecule has 2 aromatic rings. The van der Waals surface area contributed by atoms with Gasteiger partial charge in [0, 0.05) is 5.39 Å². The second kappa shape index (κ2) is 4.73. The highest BCUT2D eigenvalue weighted by atomic mass is 35.5. The van der Waals surface area contributed by atoms with Gasteiger partial charge in [-0.1, -0.05) is 35.9 Å². The first-order valence-electron chi connectivity index (χ1n) is 4.67. The summed E-state index contributed by atoms with van der Waals surface area (Å²) in [6.45, 7) is -0.161. The van der Waals surface area contributed by atoms with Gasteiger partial charge in [-0.15, -0.1) is 0 Å². The zero-order chi connectivity index (χ0) is 11.5. The first-order valence-corrected chi connectivity index (χ1v) is 5.42. The second-order valence-electron chi connectivity index (χ2n) is 3.24. The number of halogens is 2. The lowest BCUT2D eigenvalue weighted by Gasteiger charge is -2.08. The predicted molar refractivity (Wildman–Crippen MR) is 65.3 cm³/mol. The van der Waals surface area contributed by atoms with Gasteiger partial charge in [0.1, 0.15) is 5.75 Å². The lowest BCUT2D eigenvalue weighted by Crippen LogP contribution is -2.04. The molecule has 0 amide bonds. The number of carbonyl (C=O) groups is 1. The maximum Gasteiger partial charge on any atom is 0.259 e. The number of rotatable bonds is 3. The first-order chi connectivity index (χ1) is 7.68. The summed E-state index contributed by atoms with van der Waals surface area (Å²) < 4.78 is 5.30. The van der Waals surface area contributed by atoms with Gasteiger partial charge in [0.15, 0.2) is 6.61 Å². The maximum atomic E-state index is 10.6. The summed E-state index contributed by atoms with van der Waals surface area (Å²) >= 11 is 11.3. The summed E-state index contributed by atoms with van der Waals surface area (Å²) in [5, 5.41) is 1.82. The molecule has 0 radical (unpaired) electrons. The molecular weight excluding hydrogens is 247 g/mol. The van der Waals surface area contributed by atoms with Crippen molar-refractivity contribution in [3.8, 4) is 5.75 Å². The third-order valence-corrected chi connectivity index (χ3v) is 2.58. The van der Waals surface area contributed by atoms with Crippen molar-refractivity contribution in [2.45, 2.75) is 0 Å². The topological polar surface area (TPSA) is 26.3 Å². The van der Waals surface area contributed by atoms with E-state index in [1.165, 1.54) is 0 Å². The molecule has 0 atom stereocenters. The van der Waals surface area contributed by atoms with Crippen LogP contribution in [0, 0.1) is 0 Å². The summed E-state index contributed by atoms with van der Waals surface area (Å²) in [6, 6.07) is 11.1. The Morgan fingerprint density at radius 3 is 2.56 bits per heavy atom. The van der Waals surface area contributed by atoms with Gasteiger partial charge in [-0.25, -0.2) is 0 Å². The van der Waals surface area contributed by atoms with Crippen molar-refractivity contribution < 1.29 is 9.53 Å². The van der Waals surface area contributed by atoms with Crippen LogP contribution in [0.15, 0.2) is 36.4 Å². The van der Waals surface area contributed by atoms with Gasteiger partial charge >= 0.3 is 0 Å². The lowest BCUT2D eigenvalue weighted by atomic mass is 10.1. The molecule has 4 heteroatoms. The largest absolute Gasteiger partial charge is 0.484 e. The minimum Gasteiger partial charge on any atom is -0.484 e. The van der Waals surface area contributed by atoms with E-state index < -0.39 is 5.24 Å². The van der Waals surface area contributed by atoms with E-state index in [2.05, 4.69) is 0 Å². The van der Waals surface area contributed by atoms with E-state index in [0.717, 1.165) is 10.8 Å². The van der Waals surface area contributed by atoms with E-state index in [0.29, 0.717) is 10.8 Å². The highest BCUT2D eigenvalue weighted by Crippen LogP contribution is 2.31. The minimum absolute atomic E-state index is 0.161. The molecule has 0 heterocycles. The standard InChI is InChI=1S/C12H8Cl2O2/c13-9-5-1-3-8-4-2-6-10(12(8)9)16-7-11(14)15/h1-6H,7H2. The van der Waals surface area contributed by atoms with E-state index in [9.17, 15) is 4.79 Å². The number of hydrogen-bond acceptors (Lipinski definition) is 2. The minimum atomic E-state index is -0.538. The fourth-order valence-corrected chi connectivity index (χ4v) is 1.85. The Balaban J connectivity index is 2.48. The molecule has 0 spiro atoms. The molecule has 16 heavy (non-hydrogen) atoms. The summed E-state index contributed by atoms with van der Waals surface area (Å²) in [5.74, 6) is 0.567. The number of fused-ring (bicyclic) bond motifs is 1. The zero-order valence-electron chi connectivity index (χ0n) is 8.24. The van der Waals surface area contributed by atoms with E-state index >= 15 is 0 Å². The van der Waals surface area contributed by atoms with Crippen molar-refractivity contribution in [1.82, 2.24) is 0 Å². The Hall–Kier alpha value is -1.25. The quantitative estimate of drug-likeness (QED) is 0.782. The molecule has 0 aromatic heterocycles. The van der Waals surface area contributed by atoms with Crippen molar-refractivity contribution in [2.24, 2.45) is 0 Å². The number of carbonyl (C=O) groups excluding carboxylic acids is 1. The molecule has 2 rings (SSSR count). The van der Waals surface area contributed by atoms with Crippen molar-refractivity contribution in [2.75, 3.05) is 6.61 Å². The molecular formula is C12H8Cl2O2. The monoisotopic (exact) mass is 254 g/mol. The molecule has 0 aliphatic rings. The average molecular weight is 255 g/mol. The van der Waals surface area contributed by atoms with Crippen LogP contribution in [-0.4, -0.2) is 11.8 Å². The first kappa shape index (κ1) is 11.2. The normalized spacial score (nSPS) is 10.4. The third-order valence-electron chi connectivity index (χ3n) is 2.16. The fourth-order valence-electron chi connectivity index (χ4n) is 1.52. The summed E-state index contributed by atoms with van der Waals surface area (Å²) in [5.41, 5.74) is 0. The Morgan fingerprint density at radius 1 is 1.19 bits per heavy atom. The summed E-state index contributed by atoms with van der Waals surface area (Å²) in [4.78, 5) is 10.6. The average Bonchev–Trinajstić information content (AvgIpc) is 2.26. The number of benzene rings is 2. The lowest BCUT2D eigenvalue weighted by molar-refractivity contribution is -0.113. The summed E-state index contributed by atoms with van der Waals surface area (Å²) in [6.07, 6.45) is 0. The Labute approximate surface area is 103 Å². The van der Waals surface area contributed by atoms with Gasteiger partial charge < -0.3 is 4.74 Å². The molecule has 0 saturated heterocycles. The third kappa shape index (κ3) is 2.29. The highest BCUT2D eigenvalue weighted by molar-refractivity contribution is 6.63. The van der Waals surface area contributed by atoms with Gasteiger partial charge in [-0.2, -0.15) is 0 Å². The molecule has 2 aromatic carbocycles. The molecule has 0 aliphatic heterocycles. The van der Waals surface area contributed by atoms with Gasteiger partial charge in [0.25, 0.3) is 5.24 Å². The van der Waals surface area contributed by atoms with Crippen LogP contribution < -0.4 is 4.74 Å². The van der Waals surface area contributed by atoms with Gasteiger partial charge in [0.2, 0.25) is 0 Å². The highest BCUT2D eigenvalue weighted by Gasteiger charge is 2.06. The van der Waals surface area contributed by atoms with Crippen LogP contribution in [-0.2, 0) is 4.79 Å².